The lowest BCUT2D eigenvalue weighted by atomic mass is 10.3. The molecular weight excluding hydrogens is 210 g/mol. The lowest BCUT2D eigenvalue weighted by Gasteiger charge is -2.21. The molecule has 1 aromatic rings. The Morgan fingerprint density at radius 1 is 1.27 bits per heavy atom. The van der Waals surface area contributed by atoms with Crippen LogP contribution in [-0.4, -0.2) is 18.8 Å². The average molecular weight is 223 g/mol. The first-order valence-corrected chi connectivity index (χ1v) is 6.31. The molecule has 0 spiro atoms. The molecular formula is C11H13NO2S. The molecule has 0 N–H and O–H groups in total. The first-order chi connectivity index (χ1) is 7.12. The number of hydrogen-bond donors (Lipinski definition) is 0. The fourth-order valence-corrected chi connectivity index (χ4v) is 3.19. The minimum absolute atomic E-state index is 0.0233. The second-order valence-electron chi connectivity index (χ2n) is 3.62. The number of hydrogen-bond acceptors (Lipinski definition) is 2. The number of nitrogens with zero attached hydrogens (tertiary/aromatic N) is 1. The van der Waals surface area contributed by atoms with E-state index in [0.717, 1.165) is 6.42 Å². The van der Waals surface area contributed by atoms with Crippen LogP contribution in [0, 0.1) is 0 Å². The highest BCUT2D eigenvalue weighted by atomic mass is 32.2. The molecule has 3 nitrogen and oxygen atoms in total. The van der Waals surface area contributed by atoms with Gasteiger partial charge in [-0.15, -0.1) is 0 Å². The van der Waals surface area contributed by atoms with Gasteiger partial charge in [0.25, 0.3) is 10.0 Å². The van der Waals surface area contributed by atoms with Crippen LogP contribution in [0.3, 0.4) is 0 Å². The van der Waals surface area contributed by atoms with Gasteiger partial charge in [-0.05, 0) is 25.5 Å². The van der Waals surface area contributed by atoms with Crippen LogP contribution in [0.2, 0.25) is 0 Å². The van der Waals surface area contributed by atoms with E-state index in [1.165, 1.54) is 4.31 Å². The van der Waals surface area contributed by atoms with E-state index in [1.54, 1.807) is 30.5 Å². The van der Waals surface area contributed by atoms with Crippen molar-refractivity contribution < 1.29 is 8.42 Å². The summed E-state index contributed by atoms with van der Waals surface area (Å²) in [7, 11) is -3.34. The topological polar surface area (TPSA) is 37.4 Å². The largest absolute Gasteiger partial charge is 0.271 e. The third-order valence-corrected chi connectivity index (χ3v) is 4.39. The summed E-state index contributed by atoms with van der Waals surface area (Å²) in [6.07, 6.45) is 4.31. The van der Waals surface area contributed by atoms with Crippen molar-refractivity contribution in [2.75, 3.05) is 0 Å². The molecule has 4 heteroatoms. The van der Waals surface area contributed by atoms with Gasteiger partial charge in [0, 0.05) is 12.2 Å². The maximum Gasteiger partial charge on any atom is 0.264 e. The van der Waals surface area contributed by atoms with E-state index >= 15 is 0 Å². The van der Waals surface area contributed by atoms with Gasteiger partial charge in [0.15, 0.2) is 0 Å². The predicted octanol–water partition coefficient (Wildman–Crippen LogP) is 1.98. The predicted molar refractivity (Wildman–Crippen MR) is 58.7 cm³/mol. The molecule has 2 rings (SSSR count). The summed E-state index contributed by atoms with van der Waals surface area (Å²) in [6.45, 7) is 1.90. The molecule has 0 amide bonds. The van der Waals surface area contributed by atoms with E-state index in [1.807, 2.05) is 19.1 Å². The zero-order valence-corrected chi connectivity index (χ0v) is 9.31. The fraction of sp³-hybridized carbons (Fsp3) is 0.273. The van der Waals surface area contributed by atoms with Gasteiger partial charge in [-0.2, -0.15) is 0 Å². The normalized spacial score (nSPS) is 20.9. The Kier molecular flexibility index (Phi) is 2.52. The van der Waals surface area contributed by atoms with Gasteiger partial charge in [0.1, 0.15) is 0 Å². The molecule has 0 bridgehead atoms. The van der Waals surface area contributed by atoms with Crippen molar-refractivity contribution in [2.45, 2.75) is 24.3 Å². The zero-order chi connectivity index (χ0) is 10.9. The lowest BCUT2D eigenvalue weighted by molar-refractivity contribution is 0.446. The number of sulfonamides is 1. The van der Waals surface area contributed by atoms with Gasteiger partial charge in [0.2, 0.25) is 0 Å². The molecule has 1 aromatic carbocycles. The summed E-state index contributed by atoms with van der Waals surface area (Å²) in [6, 6.07) is 8.54. The Bertz CT molecular complexity index is 465. The minimum Gasteiger partial charge on any atom is -0.271 e. The first-order valence-electron chi connectivity index (χ1n) is 4.87. The summed E-state index contributed by atoms with van der Waals surface area (Å²) in [5.41, 5.74) is 0. The highest BCUT2D eigenvalue weighted by Gasteiger charge is 2.27. The van der Waals surface area contributed by atoms with Crippen LogP contribution in [0.1, 0.15) is 13.3 Å². The van der Waals surface area contributed by atoms with Crippen molar-refractivity contribution in [3.63, 3.8) is 0 Å². The molecule has 1 atom stereocenters. The van der Waals surface area contributed by atoms with Crippen molar-refractivity contribution in [1.29, 1.82) is 0 Å². The van der Waals surface area contributed by atoms with Crippen LogP contribution in [0.25, 0.3) is 0 Å². The SMILES string of the molecule is CC1CC=CN1S(=O)(=O)c1ccccc1. The van der Waals surface area contributed by atoms with E-state index < -0.39 is 10.0 Å². The zero-order valence-electron chi connectivity index (χ0n) is 8.50. The van der Waals surface area contributed by atoms with E-state index in [2.05, 4.69) is 0 Å². The quantitative estimate of drug-likeness (QED) is 0.768. The highest BCUT2D eigenvalue weighted by molar-refractivity contribution is 7.89. The summed E-state index contributed by atoms with van der Waals surface area (Å²) >= 11 is 0. The Morgan fingerprint density at radius 2 is 1.93 bits per heavy atom. The third-order valence-electron chi connectivity index (χ3n) is 2.48. The van der Waals surface area contributed by atoms with Crippen molar-refractivity contribution in [3.05, 3.63) is 42.6 Å². The standard InChI is InChI=1S/C11H13NO2S/c1-10-6-5-9-12(10)15(13,14)11-7-3-2-4-8-11/h2-5,7-10H,6H2,1H3. The van der Waals surface area contributed by atoms with Gasteiger partial charge in [-0.1, -0.05) is 24.3 Å². The molecule has 15 heavy (non-hydrogen) atoms. The minimum atomic E-state index is -3.34. The average Bonchev–Trinajstić information content (AvgIpc) is 2.66. The molecule has 1 heterocycles. The Balaban J connectivity index is 2.40. The number of rotatable bonds is 2. The van der Waals surface area contributed by atoms with Crippen molar-refractivity contribution in [1.82, 2.24) is 4.31 Å². The molecule has 1 aliphatic heterocycles. The molecule has 1 aliphatic rings. The molecule has 0 fully saturated rings. The van der Waals surface area contributed by atoms with Crippen LogP contribution >= 0.6 is 0 Å². The summed E-state index contributed by atoms with van der Waals surface area (Å²) < 4.78 is 25.7. The van der Waals surface area contributed by atoms with Crippen LogP contribution in [0.5, 0.6) is 0 Å². The maximum atomic E-state index is 12.1. The summed E-state index contributed by atoms with van der Waals surface area (Å²) in [5, 5.41) is 0. The fourth-order valence-electron chi connectivity index (χ4n) is 1.64. The van der Waals surface area contributed by atoms with Crippen LogP contribution in [-0.2, 0) is 10.0 Å². The van der Waals surface area contributed by atoms with Crippen LogP contribution in [0.15, 0.2) is 47.5 Å². The smallest absolute Gasteiger partial charge is 0.264 e. The van der Waals surface area contributed by atoms with Crippen LogP contribution < -0.4 is 0 Å². The summed E-state index contributed by atoms with van der Waals surface area (Å²) in [4.78, 5) is 0.350. The molecule has 0 radical (unpaired) electrons. The van der Waals surface area contributed by atoms with E-state index in [-0.39, 0.29) is 6.04 Å². The lowest BCUT2D eigenvalue weighted by Crippen LogP contribution is -2.30. The molecule has 0 saturated heterocycles. The van der Waals surface area contributed by atoms with Crippen LogP contribution in [0.4, 0.5) is 0 Å². The second-order valence-corrected chi connectivity index (χ2v) is 5.46. The Hall–Kier alpha value is -1.29. The second kappa shape index (κ2) is 3.70. The Labute approximate surface area is 90.1 Å². The molecule has 0 aromatic heterocycles. The first kappa shape index (κ1) is 10.2. The monoisotopic (exact) mass is 223 g/mol. The summed E-state index contributed by atoms with van der Waals surface area (Å²) in [5.74, 6) is 0. The van der Waals surface area contributed by atoms with Gasteiger partial charge < -0.3 is 0 Å². The molecule has 80 valence electrons. The van der Waals surface area contributed by atoms with Gasteiger partial charge >= 0.3 is 0 Å². The molecule has 1 unspecified atom stereocenters. The van der Waals surface area contributed by atoms with Crippen molar-refractivity contribution >= 4 is 10.0 Å². The van der Waals surface area contributed by atoms with Gasteiger partial charge in [-0.25, -0.2) is 8.42 Å². The van der Waals surface area contributed by atoms with Gasteiger partial charge in [0.05, 0.1) is 4.90 Å². The third kappa shape index (κ3) is 1.77. The van der Waals surface area contributed by atoms with E-state index in [0.29, 0.717) is 4.90 Å². The maximum absolute atomic E-state index is 12.1. The van der Waals surface area contributed by atoms with E-state index in [4.69, 9.17) is 0 Å². The number of benzene rings is 1. The van der Waals surface area contributed by atoms with Crippen molar-refractivity contribution in [3.8, 4) is 0 Å². The molecule has 0 saturated carbocycles. The molecule has 0 aliphatic carbocycles. The highest BCUT2D eigenvalue weighted by Crippen LogP contribution is 2.23. The van der Waals surface area contributed by atoms with E-state index in [9.17, 15) is 8.42 Å². The van der Waals surface area contributed by atoms with Crippen molar-refractivity contribution in [2.24, 2.45) is 0 Å². The Morgan fingerprint density at radius 3 is 2.47 bits per heavy atom. The van der Waals surface area contributed by atoms with Gasteiger partial charge in [-0.3, -0.25) is 4.31 Å².